The lowest BCUT2D eigenvalue weighted by molar-refractivity contribution is 0.0544. The van der Waals surface area contributed by atoms with Crippen LogP contribution in [0.25, 0.3) is 10.9 Å². The molecule has 2 aromatic carbocycles. The van der Waals surface area contributed by atoms with Gasteiger partial charge >= 0.3 is 6.09 Å². The Morgan fingerprint density at radius 2 is 1.88 bits per heavy atom. The molecule has 3 aromatic rings. The molecular weight excluding hydrogens is 444 g/mol. The Bertz CT molecular complexity index is 1160. The Morgan fingerprint density at radius 3 is 2.53 bits per heavy atom. The van der Waals surface area contributed by atoms with Crippen LogP contribution < -0.4 is 4.74 Å². The molecule has 1 atom stereocenters. The summed E-state index contributed by atoms with van der Waals surface area (Å²) in [6, 6.07) is 13.4. The van der Waals surface area contributed by atoms with E-state index in [9.17, 15) is 4.79 Å². The lowest BCUT2D eigenvalue weighted by atomic mass is 9.94. The van der Waals surface area contributed by atoms with Gasteiger partial charge in [-0.05, 0) is 88.7 Å². The maximum atomic E-state index is 12.9. The number of aromatic nitrogens is 1. The number of fused-ring (bicyclic) bond motifs is 1. The molecule has 1 fully saturated rings. The van der Waals surface area contributed by atoms with Crippen molar-refractivity contribution in [3.63, 3.8) is 0 Å². The standard InChI is InChI=1S/C28H36N2O3S/c1-19-17-25(32-5)23(22-14-16-30(26(19)22)27(31)33-28(2,3)4)18-29-15-8-7-9-24(29)20-10-12-21(34-6)13-11-20/h10-14,16-17,24H,7-9,15,18H2,1-6H3. The lowest BCUT2D eigenvalue weighted by Gasteiger charge is -2.36. The zero-order chi connectivity index (χ0) is 24.5. The summed E-state index contributed by atoms with van der Waals surface area (Å²) in [5, 5.41) is 1.05. The van der Waals surface area contributed by atoms with Gasteiger partial charge < -0.3 is 9.47 Å². The van der Waals surface area contributed by atoms with Crippen molar-refractivity contribution in [2.45, 2.75) is 70.0 Å². The Labute approximate surface area is 207 Å². The average Bonchev–Trinajstić information content (AvgIpc) is 3.26. The van der Waals surface area contributed by atoms with Crippen LogP contribution in [0.1, 0.15) is 62.8 Å². The minimum atomic E-state index is -0.552. The molecular formula is C28H36N2O3S. The van der Waals surface area contributed by atoms with Crippen LogP contribution in [0.4, 0.5) is 4.79 Å². The van der Waals surface area contributed by atoms with Gasteiger partial charge in [-0.1, -0.05) is 18.6 Å². The quantitative estimate of drug-likeness (QED) is 0.362. The first-order valence-corrected chi connectivity index (χ1v) is 13.2. The predicted octanol–water partition coefficient (Wildman–Crippen LogP) is 7.19. The van der Waals surface area contributed by atoms with Crippen LogP contribution in [-0.4, -0.2) is 41.1 Å². The van der Waals surface area contributed by atoms with E-state index in [1.54, 1.807) is 23.4 Å². The molecule has 1 aliphatic rings. The number of methoxy groups -OCH3 is 1. The molecule has 182 valence electrons. The van der Waals surface area contributed by atoms with E-state index in [1.807, 2.05) is 46.0 Å². The van der Waals surface area contributed by atoms with E-state index in [0.717, 1.165) is 47.3 Å². The van der Waals surface area contributed by atoms with Crippen LogP contribution in [0, 0.1) is 6.92 Å². The molecule has 1 saturated heterocycles. The summed E-state index contributed by atoms with van der Waals surface area (Å²) in [7, 11) is 1.73. The van der Waals surface area contributed by atoms with Gasteiger partial charge in [0.1, 0.15) is 11.4 Å². The first-order valence-electron chi connectivity index (χ1n) is 12.0. The van der Waals surface area contributed by atoms with Crippen molar-refractivity contribution in [3.05, 3.63) is 59.3 Å². The van der Waals surface area contributed by atoms with Gasteiger partial charge in [-0.2, -0.15) is 0 Å². The molecule has 0 radical (unpaired) electrons. The minimum absolute atomic E-state index is 0.355. The Morgan fingerprint density at radius 1 is 1.15 bits per heavy atom. The van der Waals surface area contributed by atoms with Crippen molar-refractivity contribution in [1.82, 2.24) is 9.47 Å². The molecule has 2 heterocycles. The number of ether oxygens (including phenoxy) is 2. The molecule has 0 bridgehead atoms. The van der Waals surface area contributed by atoms with Crippen LogP contribution in [0.5, 0.6) is 5.75 Å². The fraction of sp³-hybridized carbons (Fsp3) is 0.464. The topological polar surface area (TPSA) is 43.7 Å². The van der Waals surface area contributed by atoms with Crippen molar-refractivity contribution in [2.75, 3.05) is 19.9 Å². The summed E-state index contributed by atoms with van der Waals surface area (Å²) in [6.07, 6.45) is 7.15. The highest BCUT2D eigenvalue weighted by Gasteiger charge is 2.27. The number of benzene rings is 2. The largest absolute Gasteiger partial charge is 0.496 e. The molecule has 4 rings (SSSR count). The molecule has 0 saturated carbocycles. The van der Waals surface area contributed by atoms with E-state index in [1.165, 1.54) is 23.3 Å². The smallest absolute Gasteiger partial charge is 0.419 e. The second kappa shape index (κ2) is 10.0. The third kappa shape index (κ3) is 5.13. The number of likely N-dealkylation sites (tertiary alicyclic amines) is 1. The van der Waals surface area contributed by atoms with Gasteiger partial charge in [-0.3, -0.25) is 9.47 Å². The maximum absolute atomic E-state index is 12.9. The second-order valence-electron chi connectivity index (χ2n) is 10.1. The highest BCUT2D eigenvalue weighted by Crippen LogP contribution is 2.38. The number of carbonyl (C=O) groups is 1. The summed E-state index contributed by atoms with van der Waals surface area (Å²) in [6.45, 7) is 9.50. The van der Waals surface area contributed by atoms with E-state index in [0.29, 0.717) is 6.04 Å². The summed E-state index contributed by atoms with van der Waals surface area (Å²) in [5.41, 5.74) is 3.82. The fourth-order valence-corrected chi connectivity index (χ4v) is 5.37. The van der Waals surface area contributed by atoms with Gasteiger partial charge in [0.2, 0.25) is 0 Å². The zero-order valence-corrected chi connectivity index (χ0v) is 22.0. The molecule has 0 aliphatic carbocycles. The Hall–Kier alpha value is -2.44. The van der Waals surface area contributed by atoms with Crippen LogP contribution in [-0.2, 0) is 11.3 Å². The lowest BCUT2D eigenvalue weighted by Crippen LogP contribution is -2.33. The van der Waals surface area contributed by atoms with Crippen molar-refractivity contribution >= 4 is 28.8 Å². The third-order valence-electron chi connectivity index (χ3n) is 6.52. The van der Waals surface area contributed by atoms with E-state index in [-0.39, 0.29) is 6.09 Å². The van der Waals surface area contributed by atoms with Crippen LogP contribution in [0.2, 0.25) is 0 Å². The molecule has 0 spiro atoms. The molecule has 5 nitrogen and oxygen atoms in total. The number of carbonyl (C=O) groups excluding carboxylic acids is 1. The van der Waals surface area contributed by atoms with Gasteiger partial charge in [0, 0.05) is 34.6 Å². The summed E-state index contributed by atoms with van der Waals surface area (Å²) in [5.74, 6) is 0.869. The van der Waals surface area contributed by atoms with Crippen LogP contribution in [0.3, 0.4) is 0 Å². The molecule has 0 N–H and O–H groups in total. The minimum Gasteiger partial charge on any atom is -0.496 e. The van der Waals surface area contributed by atoms with Crippen molar-refractivity contribution in [2.24, 2.45) is 0 Å². The van der Waals surface area contributed by atoms with Crippen LogP contribution in [0.15, 0.2) is 47.5 Å². The Balaban J connectivity index is 1.72. The zero-order valence-electron chi connectivity index (χ0n) is 21.2. The number of thioether (sulfide) groups is 1. The van der Waals surface area contributed by atoms with Gasteiger partial charge in [0.25, 0.3) is 0 Å². The number of hydrogen-bond acceptors (Lipinski definition) is 5. The number of rotatable bonds is 5. The molecule has 1 unspecified atom stereocenters. The van der Waals surface area contributed by atoms with Gasteiger partial charge in [-0.25, -0.2) is 4.79 Å². The number of piperidine rings is 1. The molecule has 6 heteroatoms. The van der Waals surface area contributed by atoms with E-state index >= 15 is 0 Å². The first kappa shape index (κ1) is 24.7. The van der Waals surface area contributed by atoms with E-state index in [4.69, 9.17) is 9.47 Å². The second-order valence-corrected chi connectivity index (χ2v) is 10.9. The highest BCUT2D eigenvalue weighted by molar-refractivity contribution is 7.98. The summed E-state index contributed by atoms with van der Waals surface area (Å²) < 4.78 is 13.1. The van der Waals surface area contributed by atoms with Gasteiger partial charge in [0.05, 0.1) is 12.6 Å². The van der Waals surface area contributed by atoms with Crippen molar-refractivity contribution in [1.29, 1.82) is 0 Å². The monoisotopic (exact) mass is 480 g/mol. The van der Waals surface area contributed by atoms with Crippen LogP contribution >= 0.6 is 11.8 Å². The van der Waals surface area contributed by atoms with Gasteiger partial charge in [-0.15, -0.1) is 11.8 Å². The molecule has 34 heavy (non-hydrogen) atoms. The van der Waals surface area contributed by atoms with E-state index < -0.39 is 5.60 Å². The predicted molar refractivity (Wildman–Crippen MR) is 140 cm³/mol. The van der Waals surface area contributed by atoms with Crippen molar-refractivity contribution in [3.8, 4) is 5.75 Å². The third-order valence-corrected chi connectivity index (χ3v) is 7.26. The first-order chi connectivity index (χ1) is 16.2. The number of nitrogens with zero attached hydrogens (tertiary/aromatic N) is 2. The summed E-state index contributed by atoms with van der Waals surface area (Å²) in [4.78, 5) is 16.8. The van der Waals surface area contributed by atoms with Gasteiger partial charge in [0.15, 0.2) is 0 Å². The van der Waals surface area contributed by atoms with Crippen molar-refractivity contribution < 1.29 is 14.3 Å². The summed E-state index contributed by atoms with van der Waals surface area (Å²) >= 11 is 1.77. The SMILES string of the molecule is COc1cc(C)c2c(ccn2C(=O)OC(C)(C)C)c1CN1CCCCC1c1ccc(SC)cc1. The molecule has 1 aliphatic heterocycles. The molecule has 0 amide bonds. The highest BCUT2D eigenvalue weighted by atomic mass is 32.2. The normalized spacial score (nSPS) is 17.2. The fourth-order valence-electron chi connectivity index (χ4n) is 4.96. The average molecular weight is 481 g/mol. The Kier molecular flexibility index (Phi) is 7.29. The van der Waals surface area contributed by atoms with E-state index in [2.05, 4.69) is 35.4 Å². The molecule has 1 aromatic heterocycles. The number of aryl methyl sites for hydroxylation is 1. The number of hydrogen-bond donors (Lipinski definition) is 0. The maximum Gasteiger partial charge on any atom is 0.419 e.